The van der Waals surface area contributed by atoms with Crippen molar-refractivity contribution in [1.29, 1.82) is 0 Å². The van der Waals surface area contributed by atoms with Gasteiger partial charge in [-0.05, 0) is 25.8 Å². The number of carbonyl (C=O) groups is 1. The number of hydrogen-bond donors (Lipinski definition) is 1. The second-order valence-corrected chi connectivity index (χ2v) is 6.72. The Balaban J connectivity index is 1.89. The average Bonchev–Trinajstić information content (AvgIpc) is 2.54. The molecule has 22 heavy (non-hydrogen) atoms. The first-order chi connectivity index (χ1) is 10.7. The molecule has 1 saturated carbocycles. The number of rotatable bonds is 6. The molecule has 5 nitrogen and oxygen atoms in total. The summed E-state index contributed by atoms with van der Waals surface area (Å²) in [6.45, 7) is 10.8. The quantitative estimate of drug-likeness (QED) is 0.800. The first kappa shape index (κ1) is 17.7. The van der Waals surface area contributed by atoms with Crippen molar-refractivity contribution in [2.45, 2.75) is 58.1 Å². The highest BCUT2D eigenvalue weighted by molar-refractivity contribution is 5.78. The Morgan fingerprint density at radius 1 is 1.09 bits per heavy atom. The van der Waals surface area contributed by atoms with Crippen LogP contribution in [0.2, 0.25) is 0 Å². The lowest BCUT2D eigenvalue weighted by Crippen LogP contribution is -2.54. The van der Waals surface area contributed by atoms with Crippen molar-refractivity contribution in [3.05, 3.63) is 0 Å². The third kappa shape index (κ3) is 4.67. The van der Waals surface area contributed by atoms with E-state index >= 15 is 0 Å². The van der Waals surface area contributed by atoms with Crippen molar-refractivity contribution in [2.24, 2.45) is 0 Å². The third-order valence-corrected chi connectivity index (χ3v) is 5.15. The smallest absolute Gasteiger partial charge is 0.237 e. The van der Waals surface area contributed by atoms with Gasteiger partial charge in [-0.15, -0.1) is 0 Å². The lowest BCUT2D eigenvalue weighted by Gasteiger charge is -2.40. The lowest BCUT2D eigenvalue weighted by atomic mass is 9.91. The molecule has 1 amide bonds. The van der Waals surface area contributed by atoms with Gasteiger partial charge in [0.2, 0.25) is 5.91 Å². The van der Waals surface area contributed by atoms with Gasteiger partial charge < -0.3 is 14.9 Å². The molecule has 0 aromatic heterocycles. The molecule has 0 aromatic carbocycles. The minimum Gasteiger partial charge on any atom is -0.391 e. The van der Waals surface area contributed by atoms with Crippen molar-refractivity contribution in [1.82, 2.24) is 14.7 Å². The number of amides is 1. The number of carbonyl (C=O) groups excluding carboxylic acids is 1. The maximum atomic E-state index is 12.8. The SMILES string of the molecule is CCCN(C(=O)CN1CCN(CC)CC1)[C@@H]1CCCC[C@H]1O. The van der Waals surface area contributed by atoms with Crippen LogP contribution in [0, 0.1) is 0 Å². The zero-order chi connectivity index (χ0) is 15.9. The van der Waals surface area contributed by atoms with E-state index in [4.69, 9.17) is 0 Å². The van der Waals surface area contributed by atoms with Crippen molar-refractivity contribution >= 4 is 5.91 Å². The van der Waals surface area contributed by atoms with Crippen LogP contribution < -0.4 is 0 Å². The van der Waals surface area contributed by atoms with E-state index in [9.17, 15) is 9.90 Å². The first-order valence-electron chi connectivity index (χ1n) is 9.08. The van der Waals surface area contributed by atoms with Crippen LogP contribution in [0.4, 0.5) is 0 Å². The van der Waals surface area contributed by atoms with E-state index in [0.717, 1.165) is 71.4 Å². The van der Waals surface area contributed by atoms with E-state index in [0.29, 0.717) is 6.54 Å². The summed E-state index contributed by atoms with van der Waals surface area (Å²) in [6.07, 6.45) is 4.64. The zero-order valence-electron chi connectivity index (χ0n) is 14.3. The number of hydrogen-bond acceptors (Lipinski definition) is 4. The van der Waals surface area contributed by atoms with Gasteiger partial charge in [-0.3, -0.25) is 9.69 Å². The molecule has 1 heterocycles. The molecule has 0 aromatic rings. The fourth-order valence-electron chi connectivity index (χ4n) is 3.72. The summed E-state index contributed by atoms with van der Waals surface area (Å²) in [4.78, 5) is 19.4. The van der Waals surface area contributed by atoms with E-state index in [-0.39, 0.29) is 18.1 Å². The minimum atomic E-state index is -0.332. The summed E-state index contributed by atoms with van der Waals surface area (Å²) < 4.78 is 0. The van der Waals surface area contributed by atoms with E-state index in [1.165, 1.54) is 0 Å². The molecular weight excluding hydrogens is 278 g/mol. The van der Waals surface area contributed by atoms with Gasteiger partial charge in [0.05, 0.1) is 18.7 Å². The molecule has 2 rings (SSSR count). The Bertz CT molecular complexity index is 343. The van der Waals surface area contributed by atoms with Crippen LogP contribution in [-0.2, 0) is 4.79 Å². The highest BCUT2D eigenvalue weighted by Crippen LogP contribution is 2.23. The fourth-order valence-corrected chi connectivity index (χ4v) is 3.72. The number of piperazine rings is 1. The number of aliphatic hydroxyl groups excluding tert-OH is 1. The van der Waals surface area contributed by atoms with Gasteiger partial charge in [0.1, 0.15) is 0 Å². The van der Waals surface area contributed by atoms with Gasteiger partial charge in [-0.25, -0.2) is 0 Å². The normalized spacial score (nSPS) is 27.8. The zero-order valence-corrected chi connectivity index (χ0v) is 14.3. The van der Waals surface area contributed by atoms with Gasteiger partial charge in [0.25, 0.3) is 0 Å². The van der Waals surface area contributed by atoms with Crippen molar-refractivity contribution in [2.75, 3.05) is 45.8 Å². The summed E-state index contributed by atoms with van der Waals surface area (Å²) in [5, 5.41) is 10.3. The molecule has 0 unspecified atom stereocenters. The number of likely N-dealkylation sites (N-methyl/N-ethyl adjacent to an activating group) is 1. The Morgan fingerprint density at radius 3 is 2.32 bits per heavy atom. The molecule has 0 spiro atoms. The molecule has 5 heteroatoms. The summed E-state index contributed by atoms with van der Waals surface area (Å²) in [7, 11) is 0. The molecule has 1 aliphatic carbocycles. The molecule has 2 aliphatic rings. The molecule has 1 aliphatic heterocycles. The summed E-state index contributed by atoms with van der Waals surface area (Å²) in [5.41, 5.74) is 0. The Kier molecular flexibility index (Phi) is 7.12. The largest absolute Gasteiger partial charge is 0.391 e. The van der Waals surface area contributed by atoms with Crippen molar-refractivity contribution in [3.63, 3.8) is 0 Å². The molecule has 2 fully saturated rings. The van der Waals surface area contributed by atoms with E-state index in [1.54, 1.807) is 0 Å². The van der Waals surface area contributed by atoms with Crippen LogP contribution in [0.5, 0.6) is 0 Å². The second-order valence-electron chi connectivity index (χ2n) is 6.72. The van der Waals surface area contributed by atoms with Crippen molar-refractivity contribution in [3.8, 4) is 0 Å². The topological polar surface area (TPSA) is 47.0 Å². The summed E-state index contributed by atoms with van der Waals surface area (Å²) >= 11 is 0. The standard InChI is InChI=1S/C17H33N3O2/c1-3-9-20(15-7-5-6-8-16(15)21)17(22)14-19-12-10-18(4-2)11-13-19/h15-16,21H,3-14H2,1-2H3/t15-,16-/m1/s1. The first-order valence-corrected chi connectivity index (χ1v) is 9.08. The van der Waals surface area contributed by atoms with Crippen LogP contribution in [0.3, 0.4) is 0 Å². The molecule has 1 saturated heterocycles. The van der Waals surface area contributed by atoms with Crippen molar-refractivity contribution < 1.29 is 9.90 Å². The van der Waals surface area contributed by atoms with Crippen LogP contribution in [0.1, 0.15) is 46.0 Å². The van der Waals surface area contributed by atoms with E-state index in [1.807, 2.05) is 4.90 Å². The maximum Gasteiger partial charge on any atom is 0.237 e. The number of nitrogens with zero attached hydrogens (tertiary/aromatic N) is 3. The van der Waals surface area contributed by atoms with Crippen LogP contribution in [0.25, 0.3) is 0 Å². The molecule has 2 atom stereocenters. The van der Waals surface area contributed by atoms with Gasteiger partial charge in [-0.1, -0.05) is 26.7 Å². The second kappa shape index (κ2) is 8.85. The van der Waals surface area contributed by atoms with Crippen LogP contribution >= 0.6 is 0 Å². The number of aliphatic hydroxyl groups is 1. The summed E-state index contributed by atoms with van der Waals surface area (Å²) in [5.74, 6) is 0.206. The average molecular weight is 311 g/mol. The van der Waals surface area contributed by atoms with Gasteiger partial charge in [0, 0.05) is 32.7 Å². The lowest BCUT2D eigenvalue weighted by molar-refractivity contribution is -0.139. The van der Waals surface area contributed by atoms with Crippen LogP contribution in [0.15, 0.2) is 0 Å². The third-order valence-electron chi connectivity index (χ3n) is 5.15. The molecule has 0 bridgehead atoms. The van der Waals surface area contributed by atoms with E-state index < -0.39 is 0 Å². The minimum absolute atomic E-state index is 0.0399. The Morgan fingerprint density at radius 2 is 1.73 bits per heavy atom. The van der Waals surface area contributed by atoms with E-state index in [2.05, 4.69) is 23.6 Å². The fraction of sp³-hybridized carbons (Fsp3) is 0.941. The predicted octanol–water partition coefficient (Wildman–Crippen LogP) is 1.17. The molecular formula is C17H33N3O2. The highest BCUT2D eigenvalue weighted by atomic mass is 16.3. The summed E-state index contributed by atoms with van der Waals surface area (Å²) in [6, 6.07) is 0.0399. The molecule has 128 valence electrons. The molecule has 0 radical (unpaired) electrons. The predicted molar refractivity (Wildman–Crippen MR) is 88.8 cm³/mol. The Hall–Kier alpha value is -0.650. The monoisotopic (exact) mass is 311 g/mol. The van der Waals surface area contributed by atoms with Crippen LogP contribution in [-0.4, -0.2) is 83.7 Å². The van der Waals surface area contributed by atoms with Gasteiger partial charge in [-0.2, -0.15) is 0 Å². The molecule has 1 N–H and O–H groups in total. The van der Waals surface area contributed by atoms with Gasteiger partial charge >= 0.3 is 0 Å². The maximum absolute atomic E-state index is 12.8. The Labute approximate surface area is 135 Å². The van der Waals surface area contributed by atoms with Gasteiger partial charge in [0.15, 0.2) is 0 Å². The highest BCUT2D eigenvalue weighted by Gasteiger charge is 2.32.